The molecule has 0 aromatic heterocycles. The van der Waals surface area contributed by atoms with Gasteiger partial charge in [-0.15, -0.1) is 0 Å². The van der Waals surface area contributed by atoms with E-state index in [1.54, 1.807) is 0 Å². The maximum atomic E-state index is 10.7. The zero-order valence-electron chi connectivity index (χ0n) is 8.20. The predicted molar refractivity (Wildman–Crippen MR) is 49.8 cm³/mol. The van der Waals surface area contributed by atoms with Gasteiger partial charge in [-0.2, -0.15) is 0 Å². The quantitative estimate of drug-likeness (QED) is 0.524. The van der Waals surface area contributed by atoms with E-state index in [0.717, 1.165) is 32.1 Å². The van der Waals surface area contributed by atoms with Crippen LogP contribution >= 0.6 is 0 Å². The number of rotatable bonds is 6. The lowest BCUT2D eigenvalue weighted by molar-refractivity contribution is -0.141. The minimum atomic E-state index is -0.739. The molecule has 0 saturated carbocycles. The zero-order valence-corrected chi connectivity index (χ0v) is 8.20. The van der Waals surface area contributed by atoms with Gasteiger partial charge in [0.15, 0.2) is 0 Å². The SMILES string of the molecule is O=C(O)CCCCCC1CCC(=O)O1. The highest BCUT2D eigenvalue weighted by molar-refractivity contribution is 5.71. The number of carboxylic acids is 1. The van der Waals surface area contributed by atoms with E-state index in [0.29, 0.717) is 6.42 Å². The number of carbonyl (C=O) groups is 2. The lowest BCUT2D eigenvalue weighted by Crippen LogP contribution is -2.06. The average molecular weight is 200 g/mol. The van der Waals surface area contributed by atoms with Gasteiger partial charge in [-0.1, -0.05) is 6.42 Å². The Bertz CT molecular complexity index is 212. The lowest BCUT2D eigenvalue weighted by Gasteiger charge is -2.07. The Morgan fingerprint density at radius 1 is 1.43 bits per heavy atom. The average Bonchev–Trinajstić information content (AvgIpc) is 2.50. The van der Waals surface area contributed by atoms with Crippen molar-refractivity contribution in [3.8, 4) is 0 Å². The molecule has 4 nitrogen and oxygen atoms in total. The second kappa shape index (κ2) is 5.62. The molecule has 1 unspecified atom stereocenters. The molecule has 0 spiro atoms. The summed E-state index contributed by atoms with van der Waals surface area (Å²) in [6, 6.07) is 0. The third-order valence-electron chi connectivity index (χ3n) is 2.39. The molecule has 0 amide bonds. The van der Waals surface area contributed by atoms with Crippen molar-refractivity contribution in [1.29, 1.82) is 0 Å². The smallest absolute Gasteiger partial charge is 0.306 e. The Morgan fingerprint density at radius 3 is 2.79 bits per heavy atom. The largest absolute Gasteiger partial charge is 0.481 e. The first-order valence-corrected chi connectivity index (χ1v) is 5.10. The Morgan fingerprint density at radius 2 is 2.21 bits per heavy atom. The van der Waals surface area contributed by atoms with Crippen LogP contribution in [0.15, 0.2) is 0 Å². The van der Waals surface area contributed by atoms with Crippen LogP contribution in [0.2, 0.25) is 0 Å². The summed E-state index contributed by atoms with van der Waals surface area (Å²) in [7, 11) is 0. The molecule has 1 fully saturated rings. The van der Waals surface area contributed by atoms with Crippen molar-refractivity contribution in [3.05, 3.63) is 0 Å². The fourth-order valence-corrected chi connectivity index (χ4v) is 1.61. The van der Waals surface area contributed by atoms with Gasteiger partial charge < -0.3 is 9.84 Å². The van der Waals surface area contributed by atoms with Crippen LogP contribution < -0.4 is 0 Å². The first-order chi connectivity index (χ1) is 6.68. The third-order valence-corrected chi connectivity index (χ3v) is 2.39. The number of unbranched alkanes of at least 4 members (excludes halogenated alkanes) is 2. The van der Waals surface area contributed by atoms with Crippen LogP contribution in [-0.4, -0.2) is 23.1 Å². The van der Waals surface area contributed by atoms with Crippen molar-refractivity contribution in [2.75, 3.05) is 0 Å². The highest BCUT2D eigenvalue weighted by Crippen LogP contribution is 2.19. The highest BCUT2D eigenvalue weighted by Gasteiger charge is 2.22. The van der Waals surface area contributed by atoms with E-state index in [-0.39, 0.29) is 18.5 Å². The molecule has 1 saturated heterocycles. The van der Waals surface area contributed by atoms with Gasteiger partial charge in [0.2, 0.25) is 0 Å². The Balaban J connectivity index is 1.94. The van der Waals surface area contributed by atoms with Crippen LogP contribution in [0.25, 0.3) is 0 Å². The van der Waals surface area contributed by atoms with Gasteiger partial charge in [0.05, 0.1) is 0 Å². The van der Waals surface area contributed by atoms with Gasteiger partial charge in [-0.3, -0.25) is 9.59 Å². The van der Waals surface area contributed by atoms with E-state index in [2.05, 4.69) is 0 Å². The number of ether oxygens (including phenoxy) is 1. The normalized spacial score (nSPS) is 20.9. The van der Waals surface area contributed by atoms with E-state index in [1.807, 2.05) is 0 Å². The van der Waals surface area contributed by atoms with E-state index in [4.69, 9.17) is 9.84 Å². The molecule has 80 valence electrons. The van der Waals surface area contributed by atoms with E-state index < -0.39 is 5.97 Å². The van der Waals surface area contributed by atoms with Crippen molar-refractivity contribution in [2.45, 2.75) is 51.0 Å². The molecule has 0 aliphatic carbocycles. The molecule has 1 rings (SSSR count). The summed E-state index contributed by atoms with van der Waals surface area (Å²) in [5.74, 6) is -0.835. The molecule has 0 bridgehead atoms. The number of carboxylic acid groups (broad SMARTS) is 1. The standard InChI is InChI=1S/C10H16O4/c11-9(12)5-3-1-2-4-8-6-7-10(13)14-8/h8H,1-7H2,(H,11,12). The van der Waals surface area contributed by atoms with Gasteiger partial charge in [0.25, 0.3) is 0 Å². The van der Waals surface area contributed by atoms with Crippen LogP contribution in [0.1, 0.15) is 44.9 Å². The van der Waals surface area contributed by atoms with Gasteiger partial charge in [0, 0.05) is 12.8 Å². The van der Waals surface area contributed by atoms with Crippen molar-refractivity contribution in [1.82, 2.24) is 0 Å². The molecule has 1 aliphatic rings. The molecule has 0 aromatic rings. The summed E-state index contributed by atoms with van der Waals surface area (Å²) in [6.45, 7) is 0. The molecule has 0 radical (unpaired) electrons. The minimum absolute atomic E-state index is 0.0901. The lowest BCUT2D eigenvalue weighted by atomic mass is 10.1. The molecule has 1 aliphatic heterocycles. The predicted octanol–water partition coefficient (Wildman–Crippen LogP) is 1.73. The molecule has 14 heavy (non-hydrogen) atoms. The number of esters is 1. The van der Waals surface area contributed by atoms with E-state index in [9.17, 15) is 9.59 Å². The topological polar surface area (TPSA) is 63.6 Å². The molecular weight excluding hydrogens is 184 g/mol. The van der Waals surface area contributed by atoms with E-state index >= 15 is 0 Å². The van der Waals surface area contributed by atoms with Crippen molar-refractivity contribution < 1.29 is 19.4 Å². The van der Waals surface area contributed by atoms with Crippen LogP contribution in [0.4, 0.5) is 0 Å². The number of hydrogen-bond acceptors (Lipinski definition) is 3. The Hall–Kier alpha value is -1.06. The maximum absolute atomic E-state index is 10.7. The molecule has 0 aromatic carbocycles. The summed E-state index contributed by atoms with van der Waals surface area (Å²) in [4.78, 5) is 20.9. The number of cyclic esters (lactones) is 1. The second-order valence-electron chi connectivity index (χ2n) is 3.64. The third kappa shape index (κ3) is 4.25. The number of hydrogen-bond donors (Lipinski definition) is 1. The van der Waals surface area contributed by atoms with Crippen LogP contribution in [0, 0.1) is 0 Å². The van der Waals surface area contributed by atoms with Crippen molar-refractivity contribution >= 4 is 11.9 Å². The first-order valence-electron chi connectivity index (χ1n) is 5.10. The summed E-state index contributed by atoms with van der Waals surface area (Å²) in [6.07, 6.45) is 5.15. The molecule has 1 N–H and O–H groups in total. The van der Waals surface area contributed by atoms with Crippen molar-refractivity contribution in [2.24, 2.45) is 0 Å². The first kappa shape index (κ1) is 11.0. The molecule has 1 heterocycles. The fraction of sp³-hybridized carbons (Fsp3) is 0.800. The van der Waals surface area contributed by atoms with Crippen LogP contribution in [0.3, 0.4) is 0 Å². The molecule has 4 heteroatoms. The monoisotopic (exact) mass is 200 g/mol. The zero-order chi connectivity index (χ0) is 10.4. The summed E-state index contributed by atoms with van der Waals surface area (Å²) >= 11 is 0. The molecular formula is C10H16O4. The van der Waals surface area contributed by atoms with Crippen LogP contribution in [-0.2, 0) is 14.3 Å². The highest BCUT2D eigenvalue weighted by atomic mass is 16.5. The second-order valence-corrected chi connectivity index (χ2v) is 3.64. The molecule has 1 atom stereocenters. The van der Waals surface area contributed by atoms with Crippen LogP contribution in [0.5, 0.6) is 0 Å². The Kier molecular flexibility index (Phi) is 4.43. The Labute approximate surface area is 83.2 Å². The summed E-state index contributed by atoms with van der Waals surface area (Å²) in [5.41, 5.74) is 0. The van der Waals surface area contributed by atoms with Crippen molar-refractivity contribution in [3.63, 3.8) is 0 Å². The summed E-state index contributed by atoms with van der Waals surface area (Å²) < 4.78 is 5.03. The van der Waals surface area contributed by atoms with Gasteiger partial charge in [0.1, 0.15) is 6.10 Å². The maximum Gasteiger partial charge on any atom is 0.306 e. The number of carbonyl (C=O) groups excluding carboxylic acids is 1. The summed E-state index contributed by atoms with van der Waals surface area (Å²) in [5, 5.41) is 8.39. The number of aliphatic carboxylic acids is 1. The van der Waals surface area contributed by atoms with Gasteiger partial charge >= 0.3 is 11.9 Å². The minimum Gasteiger partial charge on any atom is -0.481 e. The van der Waals surface area contributed by atoms with Gasteiger partial charge in [-0.05, 0) is 25.7 Å². The van der Waals surface area contributed by atoms with Gasteiger partial charge in [-0.25, -0.2) is 0 Å². The van der Waals surface area contributed by atoms with E-state index in [1.165, 1.54) is 0 Å². The fourth-order valence-electron chi connectivity index (χ4n) is 1.61.